The molecule has 3 aromatic carbocycles. The van der Waals surface area contributed by atoms with E-state index < -0.39 is 44.8 Å². The van der Waals surface area contributed by atoms with Crippen molar-refractivity contribution in [2.45, 2.75) is 0 Å². The number of ketones is 2. The highest BCUT2D eigenvalue weighted by Crippen LogP contribution is 2.43. The lowest BCUT2D eigenvalue weighted by Gasteiger charge is -2.22. The average molecular weight is 392 g/mol. The van der Waals surface area contributed by atoms with Crippen LogP contribution in [-0.4, -0.2) is 31.8 Å². The van der Waals surface area contributed by atoms with Crippen LogP contribution in [0.1, 0.15) is 31.8 Å². The molecule has 0 aliphatic heterocycles. The Morgan fingerprint density at radius 2 is 1.28 bits per heavy atom. The summed E-state index contributed by atoms with van der Waals surface area (Å²) >= 11 is 0. The first-order valence-electron chi connectivity index (χ1n) is 8.31. The van der Waals surface area contributed by atoms with Gasteiger partial charge in [-0.1, -0.05) is 0 Å². The Bertz CT molecular complexity index is 1220. The summed E-state index contributed by atoms with van der Waals surface area (Å²) in [4.78, 5) is 36.7. The molecule has 4 N–H and O–H groups in total. The van der Waals surface area contributed by atoms with Gasteiger partial charge in [-0.05, 0) is 42.5 Å². The van der Waals surface area contributed by atoms with Crippen LogP contribution in [0, 0.1) is 10.1 Å². The van der Waals surface area contributed by atoms with Crippen LogP contribution in [0.3, 0.4) is 0 Å². The number of benzene rings is 3. The Kier molecular flexibility index (Phi) is 3.93. The standard InChI is InChI=1S/C20H12N2O7/c23-10-3-1-9(2-4-10)21-11-5-7-13(24)17-15(11)19(26)18-14(25)8-6-12(22(28)29)16(18)20(17)27/h1-8,21,23-25H. The molecule has 3 aromatic rings. The van der Waals surface area contributed by atoms with Crippen molar-refractivity contribution in [3.05, 3.63) is 80.9 Å². The molecular formula is C20H12N2O7. The van der Waals surface area contributed by atoms with Gasteiger partial charge in [0.15, 0.2) is 0 Å². The number of hydrogen-bond donors (Lipinski definition) is 4. The zero-order valence-electron chi connectivity index (χ0n) is 14.5. The number of nitro benzene ring substituents is 1. The summed E-state index contributed by atoms with van der Waals surface area (Å²) in [5, 5.41) is 44.0. The minimum atomic E-state index is -0.941. The topological polar surface area (TPSA) is 150 Å². The molecule has 0 spiro atoms. The maximum absolute atomic E-state index is 13.1. The highest BCUT2D eigenvalue weighted by Gasteiger charge is 2.40. The van der Waals surface area contributed by atoms with Crippen LogP contribution in [0.25, 0.3) is 0 Å². The highest BCUT2D eigenvalue weighted by molar-refractivity contribution is 6.33. The molecule has 0 fully saturated rings. The fourth-order valence-electron chi connectivity index (χ4n) is 3.30. The molecule has 0 saturated carbocycles. The van der Waals surface area contributed by atoms with Gasteiger partial charge >= 0.3 is 0 Å². The molecule has 0 amide bonds. The van der Waals surface area contributed by atoms with Crippen molar-refractivity contribution < 1.29 is 29.8 Å². The molecule has 0 aromatic heterocycles. The third-order valence-corrected chi connectivity index (χ3v) is 4.60. The third-order valence-electron chi connectivity index (χ3n) is 4.60. The summed E-state index contributed by atoms with van der Waals surface area (Å²) in [6.07, 6.45) is 0. The van der Waals surface area contributed by atoms with Crippen LogP contribution in [-0.2, 0) is 0 Å². The second kappa shape index (κ2) is 6.34. The van der Waals surface area contributed by atoms with E-state index in [-0.39, 0.29) is 22.6 Å². The predicted octanol–water partition coefficient (Wildman–Crippen LogP) is 3.23. The summed E-state index contributed by atoms with van der Waals surface area (Å²) in [6, 6.07) is 10.3. The van der Waals surface area contributed by atoms with Gasteiger partial charge in [0, 0.05) is 11.8 Å². The Balaban J connectivity index is 1.95. The number of rotatable bonds is 3. The second-order valence-electron chi connectivity index (χ2n) is 6.32. The number of aromatic hydroxyl groups is 3. The minimum absolute atomic E-state index is 0.0284. The van der Waals surface area contributed by atoms with Gasteiger partial charge in [0.2, 0.25) is 11.6 Å². The maximum Gasteiger partial charge on any atom is 0.281 e. The molecule has 144 valence electrons. The molecule has 0 radical (unpaired) electrons. The van der Waals surface area contributed by atoms with Gasteiger partial charge in [-0.15, -0.1) is 0 Å². The zero-order chi connectivity index (χ0) is 20.9. The van der Waals surface area contributed by atoms with Gasteiger partial charge in [0.05, 0.1) is 27.3 Å². The van der Waals surface area contributed by atoms with E-state index in [1.165, 1.54) is 36.4 Å². The molecule has 1 aliphatic carbocycles. The average Bonchev–Trinajstić information content (AvgIpc) is 2.68. The van der Waals surface area contributed by atoms with Crippen molar-refractivity contribution in [3.63, 3.8) is 0 Å². The molecule has 0 unspecified atom stereocenters. The Morgan fingerprint density at radius 1 is 0.724 bits per heavy atom. The number of carbonyl (C=O) groups is 2. The van der Waals surface area contributed by atoms with Gasteiger partial charge in [-0.2, -0.15) is 0 Å². The molecule has 1 aliphatic rings. The number of nitro groups is 1. The maximum atomic E-state index is 13.1. The number of anilines is 2. The van der Waals surface area contributed by atoms with Crippen LogP contribution in [0.2, 0.25) is 0 Å². The smallest absolute Gasteiger partial charge is 0.281 e. The minimum Gasteiger partial charge on any atom is -0.508 e. The predicted molar refractivity (Wildman–Crippen MR) is 101 cm³/mol. The van der Waals surface area contributed by atoms with Crippen molar-refractivity contribution >= 4 is 28.6 Å². The monoisotopic (exact) mass is 392 g/mol. The van der Waals surface area contributed by atoms with Crippen molar-refractivity contribution in [1.29, 1.82) is 0 Å². The number of hydrogen-bond acceptors (Lipinski definition) is 8. The van der Waals surface area contributed by atoms with E-state index in [0.717, 1.165) is 12.1 Å². The van der Waals surface area contributed by atoms with E-state index in [4.69, 9.17) is 0 Å². The van der Waals surface area contributed by atoms with E-state index in [1.54, 1.807) is 0 Å². The van der Waals surface area contributed by atoms with Gasteiger partial charge in [0.1, 0.15) is 22.8 Å². The van der Waals surface area contributed by atoms with Crippen molar-refractivity contribution in [1.82, 2.24) is 0 Å². The molecule has 0 saturated heterocycles. The lowest BCUT2D eigenvalue weighted by Crippen LogP contribution is -2.23. The summed E-state index contributed by atoms with van der Waals surface area (Å²) in [5.41, 5.74) is -1.67. The normalized spacial score (nSPS) is 12.3. The van der Waals surface area contributed by atoms with E-state index in [1.807, 2.05) is 0 Å². The quantitative estimate of drug-likeness (QED) is 0.236. The molecular weight excluding hydrogens is 380 g/mol. The van der Waals surface area contributed by atoms with E-state index in [2.05, 4.69) is 5.32 Å². The van der Waals surface area contributed by atoms with Gasteiger partial charge in [0.25, 0.3) is 5.69 Å². The van der Waals surface area contributed by atoms with Crippen molar-refractivity contribution in [3.8, 4) is 17.2 Å². The number of phenols is 3. The van der Waals surface area contributed by atoms with Crippen LogP contribution in [0.5, 0.6) is 17.2 Å². The van der Waals surface area contributed by atoms with E-state index >= 15 is 0 Å². The Morgan fingerprint density at radius 3 is 1.90 bits per heavy atom. The lowest BCUT2D eigenvalue weighted by molar-refractivity contribution is -0.385. The molecule has 0 atom stereocenters. The van der Waals surface area contributed by atoms with Crippen LogP contribution in [0.15, 0.2) is 48.5 Å². The van der Waals surface area contributed by atoms with E-state index in [0.29, 0.717) is 5.69 Å². The largest absolute Gasteiger partial charge is 0.508 e. The summed E-state index contributed by atoms with van der Waals surface area (Å²) in [5.74, 6) is -2.84. The number of phenolic OH excluding ortho intramolecular Hbond substituents is 3. The fourth-order valence-corrected chi connectivity index (χ4v) is 3.30. The molecule has 4 rings (SSSR count). The number of nitrogens with one attached hydrogen (secondary N) is 1. The SMILES string of the molecule is O=C1c2c(O)ccc([N+](=O)[O-])c2C(=O)c2c(O)ccc(Nc3ccc(O)cc3)c21. The molecule has 0 bridgehead atoms. The first-order chi connectivity index (χ1) is 13.8. The van der Waals surface area contributed by atoms with Crippen LogP contribution < -0.4 is 5.32 Å². The molecule has 29 heavy (non-hydrogen) atoms. The Hall–Kier alpha value is -4.40. The number of carbonyl (C=O) groups excluding carboxylic acids is 2. The molecule has 9 heteroatoms. The van der Waals surface area contributed by atoms with Gasteiger partial charge < -0.3 is 20.6 Å². The molecule has 0 heterocycles. The van der Waals surface area contributed by atoms with Crippen molar-refractivity contribution in [2.24, 2.45) is 0 Å². The van der Waals surface area contributed by atoms with Gasteiger partial charge in [-0.3, -0.25) is 19.7 Å². The molecule has 9 nitrogen and oxygen atoms in total. The summed E-state index contributed by atoms with van der Waals surface area (Å²) in [7, 11) is 0. The number of fused-ring (bicyclic) bond motifs is 2. The lowest BCUT2D eigenvalue weighted by atomic mass is 9.81. The highest BCUT2D eigenvalue weighted by atomic mass is 16.6. The first kappa shape index (κ1) is 18.0. The second-order valence-corrected chi connectivity index (χ2v) is 6.32. The van der Waals surface area contributed by atoms with Crippen LogP contribution >= 0.6 is 0 Å². The van der Waals surface area contributed by atoms with E-state index in [9.17, 15) is 35.0 Å². The fraction of sp³-hybridized carbons (Fsp3) is 0. The zero-order valence-corrected chi connectivity index (χ0v) is 14.5. The van der Waals surface area contributed by atoms with Gasteiger partial charge in [-0.25, -0.2) is 0 Å². The number of nitrogens with zero attached hydrogens (tertiary/aromatic N) is 1. The summed E-state index contributed by atoms with van der Waals surface area (Å²) < 4.78 is 0. The van der Waals surface area contributed by atoms with Crippen molar-refractivity contribution in [2.75, 3.05) is 5.32 Å². The Labute approximate surface area is 162 Å². The first-order valence-corrected chi connectivity index (χ1v) is 8.31. The summed E-state index contributed by atoms with van der Waals surface area (Å²) in [6.45, 7) is 0. The van der Waals surface area contributed by atoms with Crippen LogP contribution in [0.4, 0.5) is 17.1 Å². The third kappa shape index (κ3) is 2.72.